The summed E-state index contributed by atoms with van der Waals surface area (Å²) in [5, 5.41) is 9.07. The Labute approximate surface area is 118 Å². The lowest BCUT2D eigenvalue weighted by Gasteiger charge is -2.38. The molecule has 0 amide bonds. The average Bonchev–Trinajstić information content (AvgIpc) is 2.98. The van der Waals surface area contributed by atoms with Crippen molar-refractivity contribution in [2.45, 2.75) is 44.1 Å². The SMILES string of the molecule is Cn1ccnc1-c1nnc2n1C1CC3CC(CC2C3)C1. The maximum absolute atomic E-state index is 4.57. The Hall–Kier alpha value is -1.65. The van der Waals surface area contributed by atoms with E-state index in [9.17, 15) is 0 Å². The molecule has 0 radical (unpaired) electrons. The lowest BCUT2D eigenvalue weighted by atomic mass is 9.68. The molecule has 0 saturated heterocycles. The Morgan fingerprint density at radius 1 is 1.00 bits per heavy atom. The lowest BCUT2D eigenvalue weighted by Crippen LogP contribution is -2.27. The molecule has 2 fully saturated rings. The summed E-state index contributed by atoms with van der Waals surface area (Å²) in [5.74, 6) is 5.61. The predicted molar refractivity (Wildman–Crippen MR) is 74.1 cm³/mol. The zero-order valence-corrected chi connectivity index (χ0v) is 11.7. The molecule has 2 aromatic heterocycles. The molecule has 4 heterocycles. The molecule has 2 unspecified atom stereocenters. The van der Waals surface area contributed by atoms with E-state index in [-0.39, 0.29) is 0 Å². The second kappa shape index (κ2) is 3.71. The molecule has 4 bridgehead atoms. The summed E-state index contributed by atoms with van der Waals surface area (Å²) < 4.78 is 4.49. The fourth-order valence-electron chi connectivity index (χ4n) is 4.91. The van der Waals surface area contributed by atoms with Crippen LogP contribution in [-0.2, 0) is 7.05 Å². The number of imidazole rings is 1. The zero-order valence-electron chi connectivity index (χ0n) is 11.7. The molecule has 104 valence electrons. The standard InChI is InChI=1S/C15H19N5/c1-19-3-2-16-14(19)15-18-17-13-11-5-9-4-10(6-11)8-12(7-9)20(13)15/h2-3,9-12H,4-8H2,1H3. The van der Waals surface area contributed by atoms with Crippen LogP contribution in [0.3, 0.4) is 0 Å². The first-order valence-corrected chi connectivity index (χ1v) is 7.72. The van der Waals surface area contributed by atoms with E-state index in [4.69, 9.17) is 0 Å². The van der Waals surface area contributed by atoms with Gasteiger partial charge in [-0.2, -0.15) is 0 Å². The third-order valence-corrected chi connectivity index (χ3v) is 5.59. The quantitative estimate of drug-likeness (QED) is 0.799. The van der Waals surface area contributed by atoms with Gasteiger partial charge in [-0.25, -0.2) is 4.98 Å². The summed E-state index contributed by atoms with van der Waals surface area (Å²) in [4.78, 5) is 4.48. The van der Waals surface area contributed by atoms with Crippen molar-refractivity contribution in [1.29, 1.82) is 0 Å². The first kappa shape index (κ1) is 11.1. The van der Waals surface area contributed by atoms with Gasteiger partial charge in [-0.1, -0.05) is 0 Å². The second-order valence-corrected chi connectivity index (χ2v) is 6.87. The summed E-state index contributed by atoms with van der Waals surface area (Å²) in [6.45, 7) is 0. The van der Waals surface area contributed by atoms with E-state index in [0.717, 1.165) is 23.5 Å². The van der Waals surface area contributed by atoms with Gasteiger partial charge in [0.25, 0.3) is 0 Å². The van der Waals surface area contributed by atoms with E-state index in [1.54, 1.807) is 0 Å². The number of nitrogens with zero attached hydrogens (tertiary/aromatic N) is 5. The first-order chi connectivity index (χ1) is 9.79. The van der Waals surface area contributed by atoms with Gasteiger partial charge in [0.1, 0.15) is 5.82 Å². The molecule has 20 heavy (non-hydrogen) atoms. The third-order valence-electron chi connectivity index (χ3n) is 5.59. The summed E-state index contributed by atoms with van der Waals surface area (Å²) in [6.07, 6.45) is 10.6. The molecule has 2 atom stereocenters. The van der Waals surface area contributed by atoms with Crippen molar-refractivity contribution in [1.82, 2.24) is 24.3 Å². The molecule has 4 aliphatic rings. The zero-order chi connectivity index (χ0) is 13.3. The number of hydrogen-bond donors (Lipinski definition) is 0. The van der Waals surface area contributed by atoms with Gasteiger partial charge >= 0.3 is 0 Å². The summed E-state index contributed by atoms with van der Waals surface area (Å²) in [5.41, 5.74) is 0. The van der Waals surface area contributed by atoms with Crippen LogP contribution < -0.4 is 0 Å². The van der Waals surface area contributed by atoms with Crippen LogP contribution in [0.1, 0.15) is 49.9 Å². The van der Waals surface area contributed by atoms with Crippen molar-refractivity contribution in [2.24, 2.45) is 18.9 Å². The van der Waals surface area contributed by atoms with Gasteiger partial charge in [0.05, 0.1) is 0 Å². The van der Waals surface area contributed by atoms with Crippen LogP contribution in [0, 0.1) is 11.8 Å². The van der Waals surface area contributed by atoms with Gasteiger partial charge in [-0.05, 0) is 43.9 Å². The predicted octanol–water partition coefficient (Wildman–Crippen LogP) is 2.53. The molecule has 6 rings (SSSR count). The van der Waals surface area contributed by atoms with Crippen molar-refractivity contribution >= 4 is 0 Å². The Kier molecular flexibility index (Phi) is 2.05. The molecular weight excluding hydrogens is 250 g/mol. The largest absolute Gasteiger partial charge is 0.331 e. The number of aromatic nitrogens is 5. The fraction of sp³-hybridized carbons (Fsp3) is 0.667. The minimum absolute atomic E-state index is 0.600. The highest BCUT2D eigenvalue weighted by Gasteiger charge is 2.44. The monoisotopic (exact) mass is 269 g/mol. The molecule has 0 N–H and O–H groups in total. The Morgan fingerprint density at radius 3 is 2.50 bits per heavy atom. The van der Waals surface area contributed by atoms with Gasteiger partial charge in [-0.3, -0.25) is 0 Å². The Bertz CT molecular complexity index is 656. The average molecular weight is 269 g/mol. The van der Waals surface area contributed by atoms with Gasteiger partial charge < -0.3 is 9.13 Å². The van der Waals surface area contributed by atoms with Crippen molar-refractivity contribution in [3.8, 4) is 11.6 Å². The maximum atomic E-state index is 4.57. The van der Waals surface area contributed by atoms with Gasteiger partial charge in [0, 0.05) is 31.4 Å². The highest BCUT2D eigenvalue weighted by Crippen LogP contribution is 2.53. The third kappa shape index (κ3) is 1.35. The van der Waals surface area contributed by atoms with Crippen LogP contribution in [0.4, 0.5) is 0 Å². The van der Waals surface area contributed by atoms with Crippen LogP contribution in [0.15, 0.2) is 12.4 Å². The van der Waals surface area contributed by atoms with E-state index in [1.807, 2.05) is 24.0 Å². The minimum Gasteiger partial charge on any atom is -0.331 e. The fourth-order valence-corrected chi connectivity index (χ4v) is 4.91. The molecule has 5 heteroatoms. The Balaban J connectivity index is 1.71. The molecule has 2 aliphatic carbocycles. The van der Waals surface area contributed by atoms with E-state index >= 15 is 0 Å². The van der Waals surface area contributed by atoms with Crippen molar-refractivity contribution in [2.75, 3.05) is 0 Å². The summed E-state index contributed by atoms with van der Waals surface area (Å²) in [7, 11) is 2.03. The number of hydrogen-bond acceptors (Lipinski definition) is 3. The summed E-state index contributed by atoms with van der Waals surface area (Å²) >= 11 is 0. The van der Waals surface area contributed by atoms with Gasteiger partial charge in [0.2, 0.25) is 0 Å². The second-order valence-electron chi connectivity index (χ2n) is 6.87. The molecule has 0 aromatic carbocycles. The molecular formula is C15H19N5. The van der Waals surface area contributed by atoms with E-state index < -0.39 is 0 Å². The van der Waals surface area contributed by atoms with Gasteiger partial charge in [-0.15, -0.1) is 10.2 Å². The summed E-state index contributed by atoms with van der Waals surface area (Å²) in [6, 6.07) is 0.600. The van der Waals surface area contributed by atoms with Crippen molar-refractivity contribution in [3.63, 3.8) is 0 Å². The van der Waals surface area contributed by atoms with Crippen molar-refractivity contribution < 1.29 is 0 Å². The van der Waals surface area contributed by atoms with Crippen molar-refractivity contribution in [3.05, 3.63) is 18.2 Å². The molecule has 2 aliphatic heterocycles. The Morgan fingerprint density at radius 2 is 1.80 bits per heavy atom. The van der Waals surface area contributed by atoms with Crippen LogP contribution in [0.5, 0.6) is 0 Å². The van der Waals surface area contributed by atoms with Crippen LogP contribution in [0.2, 0.25) is 0 Å². The van der Waals surface area contributed by atoms with Gasteiger partial charge in [0.15, 0.2) is 11.6 Å². The van der Waals surface area contributed by atoms with E-state index in [0.29, 0.717) is 12.0 Å². The highest BCUT2D eigenvalue weighted by molar-refractivity contribution is 5.45. The normalized spacial score (nSPS) is 34.2. The van der Waals surface area contributed by atoms with E-state index in [2.05, 4.69) is 19.7 Å². The number of rotatable bonds is 1. The number of aryl methyl sites for hydroxylation is 1. The van der Waals surface area contributed by atoms with Crippen LogP contribution in [0.25, 0.3) is 11.6 Å². The topological polar surface area (TPSA) is 48.5 Å². The minimum atomic E-state index is 0.600. The lowest BCUT2D eigenvalue weighted by molar-refractivity contribution is 0.150. The smallest absolute Gasteiger partial charge is 0.200 e. The molecule has 2 aromatic rings. The first-order valence-electron chi connectivity index (χ1n) is 7.72. The molecule has 0 spiro atoms. The maximum Gasteiger partial charge on any atom is 0.200 e. The van der Waals surface area contributed by atoms with Crippen LogP contribution in [-0.4, -0.2) is 24.3 Å². The molecule has 2 saturated carbocycles. The highest BCUT2D eigenvalue weighted by atomic mass is 15.3. The molecule has 5 nitrogen and oxygen atoms in total. The van der Waals surface area contributed by atoms with E-state index in [1.165, 1.54) is 37.9 Å². The van der Waals surface area contributed by atoms with Crippen LogP contribution >= 0.6 is 0 Å².